The summed E-state index contributed by atoms with van der Waals surface area (Å²) < 4.78 is 9.47. The second kappa shape index (κ2) is 7.88. The van der Waals surface area contributed by atoms with Crippen LogP contribution in [-0.2, 0) is 19.1 Å². The number of aromatic nitrogens is 1. The SMILES string of the molecule is CCOC(=O)C(NC(=O)c1ccccn1)C(=O)OCC. The second-order valence-corrected chi connectivity index (χ2v) is 3.63. The van der Waals surface area contributed by atoms with Crippen LogP contribution < -0.4 is 5.32 Å². The average molecular weight is 280 g/mol. The van der Waals surface area contributed by atoms with Crippen LogP contribution in [0.1, 0.15) is 24.3 Å². The Labute approximate surface area is 116 Å². The molecule has 1 rings (SSSR count). The van der Waals surface area contributed by atoms with Gasteiger partial charge in [0.05, 0.1) is 13.2 Å². The maximum atomic E-state index is 11.9. The van der Waals surface area contributed by atoms with Gasteiger partial charge >= 0.3 is 11.9 Å². The minimum Gasteiger partial charge on any atom is -0.464 e. The van der Waals surface area contributed by atoms with Crippen molar-refractivity contribution in [2.75, 3.05) is 13.2 Å². The number of pyridine rings is 1. The molecule has 0 spiro atoms. The van der Waals surface area contributed by atoms with Crippen molar-refractivity contribution in [2.45, 2.75) is 19.9 Å². The van der Waals surface area contributed by atoms with E-state index in [1.54, 1.807) is 26.0 Å². The van der Waals surface area contributed by atoms with Crippen LogP contribution in [0.4, 0.5) is 0 Å². The monoisotopic (exact) mass is 280 g/mol. The van der Waals surface area contributed by atoms with Gasteiger partial charge in [-0.2, -0.15) is 0 Å². The second-order valence-electron chi connectivity index (χ2n) is 3.63. The number of amides is 1. The van der Waals surface area contributed by atoms with Crippen molar-refractivity contribution in [3.8, 4) is 0 Å². The Bertz CT molecular complexity index is 457. The zero-order chi connectivity index (χ0) is 15.0. The highest BCUT2D eigenvalue weighted by molar-refractivity contribution is 6.05. The average Bonchev–Trinajstić information content (AvgIpc) is 2.45. The Hall–Kier alpha value is -2.44. The molecular weight excluding hydrogens is 264 g/mol. The van der Waals surface area contributed by atoms with Crippen molar-refractivity contribution in [2.24, 2.45) is 0 Å². The molecule has 0 aliphatic heterocycles. The predicted octanol–water partition coefficient (Wildman–Crippen LogP) is 0.306. The summed E-state index contributed by atoms with van der Waals surface area (Å²) in [7, 11) is 0. The van der Waals surface area contributed by atoms with E-state index in [4.69, 9.17) is 9.47 Å². The van der Waals surface area contributed by atoms with Crippen molar-refractivity contribution in [3.63, 3.8) is 0 Å². The quantitative estimate of drug-likeness (QED) is 0.595. The highest BCUT2D eigenvalue weighted by atomic mass is 16.6. The molecule has 0 radical (unpaired) electrons. The van der Waals surface area contributed by atoms with E-state index in [-0.39, 0.29) is 18.9 Å². The van der Waals surface area contributed by atoms with Gasteiger partial charge in [0.15, 0.2) is 0 Å². The molecule has 1 aromatic heterocycles. The minimum absolute atomic E-state index is 0.0890. The summed E-state index contributed by atoms with van der Waals surface area (Å²) in [5.41, 5.74) is 0.0890. The van der Waals surface area contributed by atoms with Gasteiger partial charge in [-0.25, -0.2) is 9.59 Å². The largest absolute Gasteiger partial charge is 0.464 e. The number of nitrogens with zero attached hydrogens (tertiary/aromatic N) is 1. The zero-order valence-corrected chi connectivity index (χ0v) is 11.3. The van der Waals surface area contributed by atoms with Crippen molar-refractivity contribution >= 4 is 17.8 Å². The van der Waals surface area contributed by atoms with Gasteiger partial charge < -0.3 is 14.8 Å². The van der Waals surface area contributed by atoms with Crippen LogP contribution in [0.5, 0.6) is 0 Å². The van der Waals surface area contributed by atoms with E-state index in [9.17, 15) is 14.4 Å². The van der Waals surface area contributed by atoms with Crippen LogP contribution in [0.25, 0.3) is 0 Å². The molecular formula is C13H16N2O5. The third-order valence-electron chi connectivity index (χ3n) is 2.22. The Morgan fingerprint density at radius 2 is 1.75 bits per heavy atom. The molecule has 0 aliphatic carbocycles. The fourth-order valence-corrected chi connectivity index (χ4v) is 1.37. The van der Waals surface area contributed by atoms with Gasteiger partial charge in [-0.3, -0.25) is 9.78 Å². The summed E-state index contributed by atoms with van der Waals surface area (Å²) >= 11 is 0. The number of hydrogen-bond acceptors (Lipinski definition) is 6. The number of carbonyl (C=O) groups is 3. The van der Waals surface area contributed by atoms with Crippen molar-refractivity contribution in [1.29, 1.82) is 0 Å². The summed E-state index contributed by atoms with van der Waals surface area (Å²) in [6.07, 6.45) is 1.43. The molecule has 7 nitrogen and oxygen atoms in total. The lowest BCUT2D eigenvalue weighted by Crippen LogP contribution is -2.48. The van der Waals surface area contributed by atoms with Gasteiger partial charge in [0, 0.05) is 6.20 Å². The van der Waals surface area contributed by atoms with Gasteiger partial charge in [-0.05, 0) is 26.0 Å². The summed E-state index contributed by atoms with van der Waals surface area (Å²) in [4.78, 5) is 39.0. The molecule has 1 amide bonds. The topological polar surface area (TPSA) is 94.6 Å². The van der Waals surface area contributed by atoms with E-state index < -0.39 is 23.9 Å². The maximum absolute atomic E-state index is 11.9. The van der Waals surface area contributed by atoms with Gasteiger partial charge in [-0.15, -0.1) is 0 Å². The Morgan fingerprint density at radius 1 is 1.15 bits per heavy atom. The van der Waals surface area contributed by atoms with Crippen molar-refractivity contribution in [3.05, 3.63) is 30.1 Å². The third-order valence-corrected chi connectivity index (χ3v) is 2.22. The van der Waals surface area contributed by atoms with E-state index in [0.29, 0.717) is 0 Å². The normalized spacial score (nSPS) is 9.95. The summed E-state index contributed by atoms with van der Waals surface area (Å²) in [6.45, 7) is 3.38. The first kappa shape index (κ1) is 15.6. The lowest BCUT2D eigenvalue weighted by Gasteiger charge is -2.15. The van der Waals surface area contributed by atoms with Crippen molar-refractivity contribution in [1.82, 2.24) is 10.3 Å². The van der Waals surface area contributed by atoms with Gasteiger partial charge in [0.25, 0.3) is 5.91 Å². The molecule has 108 valence electrons. The van der Waals surface area contributed by atoms with Crippen LogP contribution in [-0.4, -0.2) is 42.1 Å². The predicted molar refractivity (Wildman–Crippen MR) is 68.8 cm³/mol. The minimum atomic E-state index is -1.50. The van der Waals surface area contributed by atoms with Crippen LogP contribution >= 0.6 is 0 Å². The molecule has 0 fully saturated rings. The first-order valence-electron chi connectivity index (χ1n) is 6.15. The molecule has 0 atom stereocenters. The van der Waals surface area contributed by atoms with E-state index in [1.165, 1.54) is 12.3 Å². The summed E-state index contributed by atoms with van der Waals surface area (Å²) in [5, 5.41) is 2.25. The van der Waals surface area contributed by atoms with E-state index in [0.717, 1.165) is 0 Å². The molecule has 1 aromatic rings. The smallest absolute Gasteiger partial charge is 0.340 e. The third kappa shape index (κ3) is 4.34. The van der Waals surface area contributed by atoms with Crippen molar-refractivity contribution < 1.29 is 23.9 Å². The number of hydrogen-bond donors (Lipinski definition) is 1. The molecule has 0 bridgehead atoms. The molecule has 1 heterocycles. The summed E-state index contributed by atoms with van der Waals surface area (Å²) in [6, 6.07) is 3.23. The molecule has 0 aliphatic rings. The van der Waals surface area contributed by atoms with Gasteiger partial charge in [-0.1, -0.05) is 6.07 Å². The van der Waals surface area contributed by atoms with Crippen LogP contribution in [0.15, 0.2) is 24.4 Å². The lowest BCUT2D eigenvalue weighted by atomic mass is 10.2. The van der Waals surface area contributed by atoms with Crippen LogP contribution in [0.3, 0.4) is 0 Å². The standard InChI is InChI=1S/C13H16N2O5/c1-3-19-12(17)10(13(18)20-4-2)15-11(16)9-7-5-6-8-14-9/h5-8,10H,3-4H2,1-2H3,(H,15,16). The highest BCUT2D eigenvalue weighted by Crippen LogP contribution is 1.99. The number of nitrogens with one attached hydrogen (secondary N) is 1. The number of carbonyl (C=O) groups excluding carboxylic acids is 3. The molecule has 1 N–H and O–H groups in total. The van der Waals surface area contributed by atoms with E-state index in [1.807, 2.05) is 0 Å². The zero-order valence-electron chi connectivity index (χ0n) is 11.3. The molecule has 0 saturated carbocycles. The number of ether oxygens (including phenoxy) is 2. The molecule has 0 aromatic carbocycles. The Morgan fingerprint density at radius 3 is 2.20 bits per heavy atom. The van der Waals surface area contributed by atoms with Crippen LogP contribution in [0.2, 0.25) is 0 Å². The molecule has 0 saturated heterocycles. The van der Waals surface area contributed by atoms with E-state index in [2.05, 4.69) is 10.3 Å². The number of esters is 2. The molecule has 0 unspecified atom stereocenters. The van der Waals surface area contributed by atoms with Gasteiger partial charge in [0.2, 0.25) is 6.04 Å². The number of rotatable bonds is 6. The highest BCUT2D eigenvalue weighted by Gasteiger charge is 2.31. The first-order chi connectivity index (χ1) is 9.60. The summed E-state index contributed by atoms with van der Waals surface area (Å²) in [5.74, 6) is -2.39. The van der Waals surface area contributed by atoms with Crippen LogP contribution in [0, 0.1) is 0 Å². The maximum Gasteiger partial charge on any atom is 0.340 e. The van der Waals surface area contributed by atoms with Gasteiger partial charge in [0.1, 0.15) is 5.69 Å². The Balaban J connectivity index is 2.81. The lowest BCUT2D eigenvalue weighted by molar-refractivity contribution is -0.157. The fraction of sp³-hybridized carbons (Fsp3) is 0.385. The van der Waals surface area contributed by atoms with E-state index >= 15 is 0 Å². The first-order valence-corrected chi connectivity index (χ1v) is 6.15. The Kier molecular flexibility index (Phi) is 6.15. The molecule has 20 heavy (non-hydrogen) atoms. The fourth-order valence-electron chi connectivity index (χ4n) is 1.37. The molecule has 7 heteroatoms.